The molecule has 0 unspecified atom stereocenters. The lowest BCUT2D eigenvalue weighted by molar-refractivity contribution is -0.119. The Morgan fingerprint density at radius 1 is 1.38 bits per heavy atom. The maximum atomic E-state index is 12.2. The van der Waals surface area contributed by atoms with Crippen molar-refractivity contribution in [2.75, 3.05) is 24.6 Å². The van der Waals surface area contributed by atoms with Gasteiger partial charge in [0, 0.05) is 13.0 Å². The van der Waals surface area contributed by atoms with E-state index in [2.05, 4.69) is 10.3 Å². The van der Waals surface area contributed by atoms with Crippen LogP contribution in [-0.2, 0) is 20.9 Å². The number of aromatic nitrogens is 2. The second-order valence-electron chi connectivity index (χ2n) is 6.62. The number of nitrogens with one attached hydrogen (secondary N) is 1. The van der Waals surface area contributed by atoms with Gasteiger partial charge in [-0.25, -0.2) is 14.6 Å². The number of hydrogen-bond donors (Lipinski definition) is 1. The van der Waals surface area contributed by atoms with Gasteiger partial charge in [0.05, 0.1) is 36.8 Å². The molecule has 2 amide bonds. The van der Waals surface area contributed by atoms with Gasteiger partial charge in [0.1, 0.15) is 24.8 Å². The number of hydrogen-bond acceptors (Lipinski definition) is 7. The highest BCUT2D eigenvalue weighted by Gasteiger charge is 2.33. The molecule has 0 saturated carbocycles. The molecular formula is C19H20N4O6. The number of fused-ring (bicyclic) bond motifs is 3. The van der Waals surface area contributed by atoms with Crippen molar-refractivity contribution < 1.29 is 28.6 Å². The monoisotopic (exact) mass is 400 g/mol. The Morgan fingerprint density at radius 2 is 2.21 bits per heavy atom. The summed E-state index contributed by atoms with van der Waals surface area (Å²) < 4.78 is 17.9. The molecule has 2 aliphatic rings. The van der Waals surface area contributed by atoms with Crippen LogP contribution in [0.1, 0.15) is 30.0 Å². The summed E-state index contributed by atoms with van der Waals surface area (Å²) in [7, 11) is 0. The average molecular weight is 400 g/mol. The smallest absolute Gasteiger partial charge is 0.414 e. The number of ether oxygens (including phenoxy) is 3. The average Bonchev–Trinajstić information content (AvgIpc) is 3.29. The molecule has 10 nitrogen and oxygen atoms in total. The Kier molecular flexibility index (Phi) is 4.83. The molecule has 4 rings (SSSR count). The van der Waals surface area contributed by atoms with Gasteiger partial charge in [-0.3, -0.25) is 14.3 Å². The molecule has 29 heavy (non-hydrogen) atoms. The fourth-order valence-corrected chi connectivity index (χ4v) is 3.32. The molecule has 1 N–H and O–H groups in total. The Balaban J connectivity index is 1.56. The zero-order valence-electron chi connectivity index (χ0n) is 16.0. The van der Waals surface area contributed by atoms with E-state index in [0.29, 0.717) is 29.4 Å². The number of carbonyl (C=O) groups is 3. The minimum Gasteiger partial charge on any atom is -0.485 e. The summed E-state index contributed by atoms with van der Waals surface area (Å²) >= 11 is 0. The second kappa shape index (κ2) is 7.46. The summed E-state index contributed by atoms with van der Waals surface area (Å²) in [6, 6.07) is 5.30. The van der Waals surface area contributed by atoms with Crippen LogP contribution in [0.3, 0.4) is 0 Å². The summed E-state index contributed by atoms with van der Waals surface area (Å²) in [5.74, 6) is -0.115. The highest BCUT2D eigenvalue weighted by molar-refractivity contribution is 5.91. The van der Waals surface area contributed by atoms with E-state index < -0.39 is 18.2 Å². The zero-order valence-corrected chi connectivity index (χ0v) is 16.0. The fraction of sp³-hybridized carbons (Fsp3) is 0.368. The maximum absolute atomic E-state index is 12.2. The normalized spacial score (nSPS) is 17.1. The van der Waals surface area contributed by atoms with Crippen molar-refractivity contribution in [1.29, 1.82) is 0 Å². The molecule has 0 radical (unpaired) electrons. The van der Waals surface area contributed by atoms with Crippen LogP contribution in [0.4, 0.5) is 10.5 Å². The van der Waals surface area contributed by atoms with Crippen molar-refractivity contribution >= 4 is 23.7 Å². The number of imidazole rings is 1. The molecule has 10 heteroatoms. The topological polar surface area (TPSA) is 112 Å². The van der Waals surface area contributed by atoms with Crippen LogP contribution in [0.5, 0.6) is 5.75 Å². The molecule has 1 saturated heterocycles. The Bertz CT molecular complexity index is 985. The van der Waals surface area contributed by atoms with Crippen LogP contribution in [0.25, 0.3) is 5.69 Å². The Hall–Kier alpha value is -3.56. The molecule has 0 aliphatic carbocycles. The largest absolute Gasteiger partial charge is 0.485 e. The SMILES string of the molecule is CCOC(=O)c1ncn2c1COc1cc(N3C[C@H](CNC(C)=O)OC3=O)ccc1-2. The summed E-state index contributed by atoms with van der Waals surface area (Å²) in [4.78, 5) is 41.0. The number of esters is 1. The number of amides is 2. The van der Waals surface area contributed by atoms with Gasteiger partial charge >= 0.3 is 12.1 Å². The quantitative estimate of drug-likeness (QED) is 0.755. The van der Waals surface area contributed by atoms with Crippen molar-refractivity contribution in [3.63, 3.8) is 0 Å². The Labute approximate surface area is 166 Å². The fourth-order valence-electron chi connectivity index (χ4n) is 3.32. The number of anilines is 1. The second-order valence-corrected chi connectivity index (χ2v) is 6.62. The third kappa shape index (κ3) is 3.48. The highest BCUT2D eigenvalue weighted by Crippen LogP contribution is 2.35. The maximum Gasteiger partial charge on any atom is 0.414 e. The van der Waals surface area contributed by atoms with Crippen LogP contribution >= 0.6 is 0 Å². The lowest BCUT2D eigenvalue weighted by Gasteiger charge is -2.22. The van der Waals surface area contributed by atoms with Crippen LogP contribution in [0, 0.1) is 0 Å². The summed E-state index contributed by atoms with van der Waals surface area (Å²) in [6.45, 7) is 4.14. The molecule has 3 heterocycles. The van der Waals surface area contributed by atoms with Crippen LogP contribution in [0.2, 0.25) is 0 Å². The molecule has 1 fully saturated rings. The standard InChI is InChI=1S/C19H20N4O6/c1-3-27-18(25)17-15-9-28-16-6-12(4-5-14(16)23(15)10-21-17)22-8-13(29-19(22)26)7-20-11(2)24/h4-6,10,13H,3,7-9H2,1-2H3,(H,20,24)/t13-/m0/s1. The number of cyclic esters (lactones) is 1. The molecule has 2 aromatic rings. The van der Waals surface area contributed by atoms with Gasteiger partial charge in [0.2, 0.25) is 5.91 Å². The van der Waals surface area contributed by atoms with Crippen molar-refractivity contribution in [2.24, 2.45) is 0 Å². The van der Waals surface area contributed by atoms with Gasteiger partial charge in [-0.2, -0.15) is 0 Å². The number of carbonyl (C=O) groups excluding carboxylic acids is 3. The lowest BCUT2D eigenvalue weighted by atomic mass is 10.2. The summed E-state index contributed by atoms with van der Waals surface area (Å²) in [5.41, 5.74) is 2.17. The predicted octanol–water partition coefficient (Wildman–Crippen LogP) is 1.40. The van der Waals surface area contributed by atoms with E-state index >= 15 is 0 Å². The Morgan fingerprint density at radius 3 is 2.97 bits per heavy atom. The highest BCUT2D eigenvalue weighted by atomic mass is 16.6. The van der Waals surface area contributed by atoms with E-state index in [1.165, 1.54) is 11.8 Å². The van der Waals surface area contributed by atoms with E-state index in [1.807, 2.05) is 0 Å². The number of nitrogens with zero attached hydrogens (tertiary/aromatic N) is 3. The van der Waals surface area contributed by atoms with Gasteiger partial charge in [0.15, 0.2) is 5.69 Å². The van der Waals surface area contributed by atoms with E-state index in [9.17, 15) is 14.4 Å². The van der Waals surface area contributed by atoms with Crippen molar-refractivity contribution in [2.45, 2.75) is 26.6 Å². The first kappa shape index (κ1) is 18.8. The van der Waals surface area contributed by atoms with Gasteiger partial charge in [-0.15, -0.1) is 0 Å². The van der Waals surface area contributed by atoms with Gasteiger partial charge < -0.3 is 19.5 Å². The third-order valence-corrected chi connectivity index (χ3v) is 4.67. The summed E-state index contributed by atoms with van der Waals surface area (Å²) in [5, 5.41) is 2.65. The third-order valence-electron chi connectivity index (χ3n) is 4.67. The molecule has 1 atom stereocenters. The minimum absolute atomic E-state index is 0.153. The summed E-state index contributed by atoms with van der Waals surface area (Å²) in [6.07, 6.45) is 0.649. The van der Waals surface area contributed by atoms with E-state index in [1.54, 1.807) is 36.0 Å². The molecule has 152 valence electrons. The zero-order chi connectivity index (χ0) is 20.5. The first-order chi connectivity index (χ1) is 14.0. The first-order valence-electron chi connectivity index (χ1n) is 9.21. The molecular weight excluding hydrogens is 380 g/mol. The molecule has 1 aromatic heterocycles. The first-order valence-corrected chi connectivity index (χ1v) is 9.21. The van der Waals surface area contributed by atoms with E-state index in [-0.39, 0.29) is 31.4 Å². The lowest BCUT2D eigenvalue weighted by Crippen LogP contribution is -2.33. The van der Waals surface area contributed by atoms with E-state index in [4.69, 9.17) is 14.2 Å². The molecule has 1 aromatic carbocycles. The van der Waals surface area contributed by atoms with Gasteiger partial charge in [-0.05, 0) is 19.1 Å². The predicted molar refractivity (Wildman–Crippen MR) is 100 cm³/mol. The van der Waals surface area contributed by atoms with Gasteiger partial charge in [-0.1, -0.05) is 0 Å². The van der Waals surface area contributed by atoms with Gasteiger partial charge in [0.25, 0.3) is 0 Å². The van der Waals surface area contributed by atoms with Crippen LogP contribution < -0.4 is 15.0 Å². The molecule has 0 bridgehead atoms. The van der Waals surface area contributed by atoms with Crippen LogP contribution in [-0.4, -0.2) is 53.3 Å². The number of rotatable bonds is 5. The van der Waals surface area contributed by atoms with Crippen LogP contribution in [0.15, 0.2) is 24.5 Å². The van der Waals surface area contributed by atoms with Crippen molar-refractivity contribution in [1.82, 2.24) is 14.9 Å². The number of benzene rings is 1. The molecule has 2 aliphatic heterocycles. The van der Waals surface area contributed by atoms with Crippen molar-refractivity contribution in [3.8, 4) is 11.4 Å². The minimum atomic E-state index is -0.491. The molecule has 0 spiro atoms. The van der Waals surface area contributed by atoms with E-state index in [0.717, 1.165) is 0 Å². The van der Waals surface area contributed by atoms with Crippen molar-refractivity contribution in [3.05, 3.63) is 35.9 Å².